The zero-order valence-electron chi connectivity index (χ0n) is 11.9. The first kappa shape index (κ1) is 14.3. The fraction of sp³-hybridized carbons (Fsp3) is 0.667. The van der Waals surface area contributed by atoms with Crippen LogP contribution in [0, 0.1) is 0 Å². The predicted octanol–water partition coefficient (Wildman–Crippen LogP) is -1.63. The quantitative estimate of drug-likeness (QED) is 0.604. The van der Waals surface area contributed by atoms with Gasteiger partial charge in [-0.1, -0.05) is 0 Å². The van der Waals surface area contributed by atoms with Crippen molar-refractivity contribution in [1.29, 1.82) is 0 Å². The lowest BCUT2D eigenvalue weighted by Gasteiger charge is -2.29. The summed E-state index contributed by atoms with van der Waals surface area (Å²) in [6, 6.07) is 0. The minimum absolute atomic E-state index is 0.278. The van der Waals surface area contributed by atoms with E-state index in [1.807, 2.05) is 16.8 Å². The van der Waals surface area contributed by atoms with Crippen molar-refractivity contribution in [2.45, 2.75) is 24.5 Å². The predicted molar refractivity (Wildman–Crippen MR) is 74.7 cm³/mol. The van der Waals surface area contributed by atoms with Crippen LogP contribution in [-0.2, 0) is 9.47 Å². The molecule has 0 bridgehead atoms. The van der Waals surface area contributed by atoms with E-state index in [-0.39, 0.29) is 6.61 Å². The number of aliphatic hydroxyl groups excluding tert-OH is 2. The number of aromatic nitrogens is 2. The molecule has 3 rings (SSSR count). The van der Waals surface area contributed by atoms with E-state index in [0.29, 0.717) is 18.3 Å². The van der Waals surface area contributed by atoms with Gasteiger partial charge in [0.25, 0.3) is 0 Å². The Morgan fingerprint density at radius 3 is 2.95 bits per heavy atom. The minimum Gasteiger partial charge on any atom is -0.394 e. The van der Waals surface area contributed by atoms with E-state index < -0.39 is 24.5 Å². The van der Waals surface area contributed by atoms with Gasteiger partial charge in [0.1, 0.15) is 30.3 Å². The lowest BCUT2D eigenvalue weighted by Crippen LogP contribution is -2.46. The number of hydrogen-bond donors (Lipinski definition) is 3. The van der Waals surface area contributed by atoms with E-state index in [1.54, 1.807) is 0 Å². The first-order chi connectivity index (χ1) is 10.1. The first-order valence-corrected chi connectivity index (χ1v) is 6.64. The van der Waals surface area contributed by atoms with Crippen molar-refractivity contribution in [2.24, 2.45) is 0 Å². The molecule has 1 saturated heterocycles. The summed E-state index contributed by atoms with van der Waals surface area (Å²) in [5.74, 6) is 1.01. The molecule has 1 aromatic rings. The number of nitrogen functional groups attached to an aromatic ring is 1. The summed E-state index contributed by atoms with van der Waals surface area (Å²) in [6.45, 7) is 0.202. The van der Waals surface area contributed by atoms with Crippen molar-refractivity contribution in [3.8, 4) is 0 Å². The second kappa shape index (κ2) is 5.26. The molecule has 21 heavy (non-hydrogen) atoms. The highest BCUT2D eigenvalue weighted by molar-refractivity contribution is 5.81. The third-order valence-electron chi connectivity index (χ3n) is 3.92. The number of fused-ring (bicyclic) bond motifs is 1. The van der Waals surface area contributed by atoms with Crippen LogP contribution in [0.5, 0.6) is 0 Å². The van der Waals surface area contributed by atoms with Gasteiger partial charge in [0.05, 0.1) is 13.3 Å². The van der Waals surface area contributed by atoms with Gasteiger partial charge in [-0.2, -0.15) is 0 Å². The number of hydrogen-bond acceptors (Lipinski definition) is 9. The smallest absolute Gasteiger partial charge is 0.162 e. The van der Waals surface area contributed by atoms with Crippen LogP contribution in [0.25, 0.3) is 0 Å². The SMILES string of the molecule is CO[C@@H]1[C@H](O)[C@@H](CO)O[C@H]1N1CN(C)c2c(N)ncnc21. The van der Waals surface area contributed by atoms with Gasteiger partial charge in [0.2, 0.25) is 0 Å². The molecule has 0 radical (unpaired) electrons. The second-order valence-electron chi connectivity index (χ2n) is 5.18. The number of rotatable bonds is 3. The van der Waals surface area contributed by atoms with Crippen molar-refractivity contribution in [1.82, 2.24) is 9.97 Å². The zero-order chi connectivity index (χ0) is 15.1. The Bertz CT molecular complexity index is 530. The minimum atomic E-state index is -0.904. The standard InChI is InChI=1S/C12H19N5O4/c1-16-5-17(11-7(16)10(13)14-4-15-11)12-9(20-2)8(19)6(3-18)21-12/h4,6,8-9,12,18-19H,3,5H2,1-2H3,(H2,13,14,15)/t6-,8-,9-,12-/m1/s1. The number of methoxy groups -OCH3 is 1. The van der Waals surface area contributed by atoms with Gasteiger partial charge in [0, 0.05) is 14.2 Å². The summed E-state index contributed by atoms with van der Waals surface area (Å²) in [7, 11) is 3.37. The molecule has 3 heterocycles. The summed E-state index contributed by atoms with van der Waals surface area (Å²) in [5, 5.41) is 19.4. The van der Waals surface area contributed by atoms with Gasteiger partial charge in [0.15, 0.2) is 17.9 Å². The van der Waals surface area contributed by atoms with Crippen LogP contribution < -0.4 is 15.5 Å². The van der Waals surface area contributed by atoms with E-state index in [9.17, 15) is 10.2 Å². The molecular weight excluding hydrogens is 278 g/mol. The van der Waals surface area contributed by atoms with Crippen molar-refractivity contribution >= 4 is 17.3 Å². The van der Waals surface area contributed by atoms with Gasteiger partial charge in [-0.15, -0.1) is 0 Å². The molecule has 9 heteroatoms. The van der Waals surface area contributed by atoms with Gasteiger partial charge >= 0.3 is 0 Å². The Hall–Kier alpha value is -1.68. The normalized spacial score (nSPS) is 31.8. The van der Waals surface area contributed by atoms with Crippen LogP contribution in [0.4, 0.5) is 17.3 Å². The topological polar surface area (TPSA) is 117 Å². The third kappa shape index (κ3) is 2.09. The average molecular weight is 297 g/mol. The monoisotopic (exact) mass is 297 g/mol. The lowest BCUT2D eigenvalue weighted by atomic mass is 10.1. The number of anilines is 3. The Morgan fingerprint density at radius 1 is 1.52 bits per heavy atom. The molecule has 2 aliphatic heterocycles. The van der Waals surface area contributed by atoms with E-state index >= 15 is 0 Å². The summed E-state index contributed by atoms with van der Waals surface area (Å²) in [5.41, 5.74) is 6.61. The van der Waals surface area contributed by atoms with Crippen LogP contribution in [-0.4, -0.2) is 72.2 Å². The van der Waals surface area contributed by atoms with Gasteiger partial charge in [-0.05, 0) is 0 Å². The molecule has 0 aliphatic carbocycles. The Labute approximate surface area is 121 Å². The number of ether oxygens (including phenoxy) is 2. The molecule has 9 nitrogen and oxygen atoms in total. The maximum absolute atomic E-state index is 10.1. The van der Waals surface area contributed by atoms with Crippen LogP contribution in [0.2, 0.25) is 0 Å². The lowest BCUT2D eigenvalue weighted by molar-refractivity contribution is -0.0226. The van der Waals surface area contributed by atoms with Gasteiger partial charge in [-0.3, -0.25) is 0 Å². The second-order valence-corrected chi connectivity index (χ2v) is 5.18. The molecule has 116 valence electrons. The zero-order valence-corrected chi connectivity index (χ0v) is 11.9. The number of nitrogens with zero attached hydrogens (tertiary/aromatic N) is 4. The number of nitrogens with two attached hydrogens (primary N) is 1. The molecule has 0 aromatic carbocycles. The number of aliphatic hydroxyl groups is 2. The van der Waals surface area contributed by atoms with Crippen LogP contribution in [0.1, 0.15) is 0 Å². The summed E-state index contributed by atoms with van der Waals surface area (Å²) in [6.07, 6.45) is -1.35. The largest absolute Gasteiger partial charge is 0.394 e. The molecule has 0 saturated carbocycles. The summed E-state index contributed by atoms with van der Waals surface area (Å²) >= 11 is 0. The highest BCUT2D eigenvalue weighted by Crippen LogP contribution is 2.40. The molecular formula is C12H19N5O4. The van der Waals surface area contributed by atoms with Gasteiger partial charge in [-0.25, -0.2) is 9.97 Å². The van der Waals surface area contributed by atoms with E-state index in [0.717, 1.165) is 5.69 Å². The maximum atomic E-state index is 10.1. The van der Waals surface area contributed by atoms with Crippen molar-refractivity contribution in [2.75, 3.05) is 43.0 Å². The van der Waals surface area contributed by atoms with Gasteiger partial charge < -0.3 is 35.2 Å². The summed E-state index contributed by atoms with van der Waals surface area (Å²) < 4.78 is 11.1. The fourth-order valence-electron chi connectivity index (χ4n) is 2.90. The van der Waals surface area contributed by atoms with E-state index in [4.69, 9.17) is 15.2 Å². The highest BCUT2D eigenvalue weighted by Gasteiger charge is 2.49. The first-order valence-electron chi connectivity index (χ1n) is 6.64. The molecule has 0 unspecified atom stereocenters. The van der Waals surface area contributed by atoms with Crippen LogP contribution in [0.15, 0.2) is 6.33 Å². The Kier molecular flexibility index (Phi) is 3.57. The van der Waals surface area contributed by atoms with Crippen molar-refractivity contribution in [3.63, 3.8) is 0 Å². The molecule has 4 atom stereocenters. The summed E-state index contributed by atoms with van der Waals surface area (Å²) in [4.78, 5) is 12.0. The average Bonchev–Trinajstić information content (AvgIpc) is 2.97. The molecule has 0 spiro atoms. The van der Waals surface area contributed by atoms with Crippen molar-refractivity contribution < 1.29 is 19.7 Å². The maximum Gasteiger partial charge on any atom is 0.162 e. The molecule has 4 N–H and O–H groups in total. The fourth-order valence-corrected chi connectivity index (χ4v) is 2.90. The highest BCUT2D eigenvalue weighted by atomic mass is 16.6. The third-order valence-corrected chi connectivity index (χ3v) is 3.92. The molecule has 1 aromatic heterocycles. The Balaban J connectivity index is 1.94. The molecule has 1 fully saturated rings. The van der Waals surface area contributed by atoms with Crippen molar-refractivity contribution in [3.05, 3.63) is 6.33 Å². The molecule has 0 amide bonds. The molecule has 2 aliphatic rings. The van der Waals surface area contributed by atoms with E-state index in [2.05, 4.69) is 9.97 Å². The van der Waals surface area contributed by atoms with Crippen LogP contribution >= 0.6 is 0 Å². The van der Waals surface area contributed by atoms with Crippen LogP contribution in [0.3, 0.4) is 0 Å². The van der Waals surface area contributed by atoms with E-state index in [1.165, 1.54) is 13.4 Å². The Morgan fingerprint density at radius 2 is 2.29 bits per heavy atom.